The van der Waals surface area contributed by atoms with Gasteiger partial charge >= 0.3 is 6.18 Å². The topological polar surface area (TPSA) is 100 Å². The summed E-state index contributed by atoms with van der Waals surface area (Å²) >= 11 is 1.55. The highest BCUT2D eigenvalue weighted by Crippen LogP contribution is 2.38. The summed E-state index contributed by atoms with van der Waals surface area (Å²) < 4.78 is 39.1. The zero-order valence-electron chi connectivity index (χ0n) is 20.0. The number of hydrogen-bond donors (Lipinski definition) is 2. The smallest absolute Gasteiger partial charge is 0.341 e. The molecular weight excluding hydrogens is 537 g/mol. The summed E-state index contributed by atoms with van der Waals surface area (Å²) in [7, 11) is 0. The van der Waals surface area contributed by atoms with Crippen molar-refractivity contribution in [3.05, 3.63) is 63.8 Å². The Labute approximate surface area is 224 Å². The summed E-state index contributed by atoms with van der Waals surface area (Å²) in [5, 5.41) is 5.28. The fraction of sp³-hybridized carbons (Fsp3) is 0.320. The first kappa shape index (κ1) is 26.3. The van der Waals surface area contributed by atoms with Crippen molar-refractivity contribution in [1.29, 1.82) is 0 Å². The predicted octanol–water partition coefficient (Wildman–Crippen LogP) is 4.95. The molecule has 0 aromatic carbocycles. The second-order valence-corrected chi connectivity index (χ2v) is 11.0. The molecule has 2 aliphatic heterocycles. The predicted molar refractivity (Wildman–Crippen MR) is 140 cm³/mol. The zero-order valence-corrected chi connectivity index (χ0v) is 21.6. The number of hydrogen-bond acceptors (Lipinski definition) is 9. The number of rotatable bonds is 7. The first-order valence-corrected chi connectivity index (χ1v) is 13.5. The van der Waals surface area contributed by atoms with Crippen molar-refractivity contribution >= 4 is 46.3 Å². The molecule has 5 rings (SSSR count). The number of aromatic nitrogens is 3. The molecular formula is C25H23F3N6O2S2. The normalized spacial score (nSPS) is 17.9. The lowest BCUT2D eigenvalue weighted by Gasteiger charge is -2.32. The summed E-state index contributed by atoms with van der Waals surface area (Å²) in [6.45, 7) is 2.83. The van der Waals surface area contributed by atoms with Crippen LogP contribution in [-0.2, 0) is 17.5 Å². The van der Waals surface area contributed by atoms with Gasteiger partial charge in [0, 0.05) is 32.0 Å². The lowest BCUT2D eigenvalue weighted by Crippen LogP contribution is -2.38. The molecule has 3 aromatic heterocycles. The van der Waals surface area contributed by atoms with Gasteiger partial charge in [-0.1, -0.05) is 6.07 Å². The van der Waals surface area contributed by atoms with Crippen molar-refractivity contribution in [1.82, 2.24) is 25.6 Å². The number of pyridine rings is 1. The summed E-state index contributed by atoms with van der Waals surface area (Å²) in [6, 6.07) is 7.94. The summed E-state index contributed by atoms with van der Waals surface area (Å²) in [6.07, 6.45) is 2.30. The van der Waals surface area contributed by atoms with E-state index in [1.54, 1.807) is 30.6 Å². The largest absolute Gasteiger partial charge is 0.425 e. The van der Waals surface area contributed by atoms with E-state index in [2.05, 4.69) is 30.5 Å². The van der Waals surface area contributed by atoms with Gasteiger partial charge in [-0.3, -0.25) is 19.9 Å². The minimum atomic E-state index is -4.36. The molecule has 2 amide bonds. The number of imide groups is 1. The van der Waals surface area contributed by atoms with E-state index in [0.29, 0.717) is 50.9 Å². The summed E-state index contributed by atoms with van der Waals surface area (Å²) in [5.74, 6) is 0.586. The molecule has 0 unspecified atom stereocenters. The number of halogens is 3. The van der Waals surface area contributed by atoms with E-state index in [1.807, 2.05) is 6.07 Å². The Kier molecular flexibility index (Phi) is 7.77. The fourth-order valence-electron chi connectivity index (χ4n) is 4.32. The van der Waals surface area contributed by atoms with Crippen molar-refractivity contribution in [2.24, 2.45) is 5.92 Å². The maximum atomic E-state index is 13.0. The van der Waals surface area contributed by atoms with Crippen LogP contribution in [-0.4, -0.2) is 45.7 Å². The highest BCUT2D eigenvalue weighted by molar-refractivity contribution is 8.18. The van der Waals surface area contributed by atoms with Crippen LogP contribution in [0.2, 0.25) is 0 Å². The molecule has 198 valence electrons. The van der Waals surface area contributed by atoms with Gasteiger partial charge < -0.3 is 10.2 Å². The lowest BCUT2D eigenvalue weighted by atomic mass is 9.97. The maximum absolute atomic E-state index is 13.0. The molecule has 0 atom stereocenters. The number of alkyl halides is 3. The molecule has 0 bridgehead atoms. The van der Waals surface area contributed by atoms with Crippen LogP contribution in [0.3, 0.4) is 0 Å². The third kappa shape index (κ3) is 6.22. The number of nitrogens with zero attached hydrogens (tertiary/aromatic N) is 4. The van der Waals surface area contributed by atoms with Crippen molar-refractivity contribution < 1.29 is 22.8 Å². The molecule has 2 aliphatic rings. The number of carbonyl (C=O) groups excluding carboxylic acids is 2. The van der Waals surface area contributed by atoms with Crippen molar-refractivity contribution in [3.63, 3.8) is 0 Å². The van der Waals surface area contributed by atoms with E-state index in [0.717, 1.165) is 55.9 Å². The molecule has 8 nitrogen and oxygen atoms in total. The minimum Gasteiger partial charge on any atom is -0.341 e. The maximum Gasteiger partial charge on any atom is 0.425 e. The van der Waals surface area contributed by atoms with Crippen molar-refractivity contribution in [2.75, 3.05) is 24.5 Å². The number of anilines is 1. The summed E-state index contributed by atoms with van der Waals surface area (Å²) in [5.41, 5.74) is 1.99. The molecule has 2 saturated heterocycles. The first-order valence-electron chi connectivity index (χ1n) is 11.9. The Balaban J connectivity index is 1.14. The second-order valence-electron chi connectivity index (χ2n) is 8.87. The van der Waals surface area contributed by atoms with Gasteiger partial charge in [-0.25, -0.2) is 9.97 Å². The third-order valence-electron chi connectivity index (χ3n) is 6.24. The Bertz CT molecular complexity index is 1370. The molecule has 0 radical (unpaired) electrons. The number of piperidine rings is 1. The Morgan fingerprint density at radius 3 is 2.63 bits per heavy atom. The SMILES string of the molecule is O=C1NC(=O)C(=Cc2ccnc(N3CCC(CNCc4cccnc4-c4ccc(C(F)(F)F)s4)CC3)n2)S1. The van der Waals surface area contributed by atoms with E-state index < -0.39 is 22.2 Å². The zero-order chi connectivity index (χ0) is 26.7. The number of thiophene rings is 1. The first-order chi connectivity index (χ1) is 18.3. The molecule has 5 heterocycles. The van der Waals surface area contributed by atoms with Crippen LogP contribution in [0.1, 0.15) is 29.0 Å². The van der Waals surface area contributed by atoms with Crippen LogP contribution in [0.15, 0.2) is 47.6 Å². The van der Waals surface area contributed by atoms with Crippen molar-refractivity contribution in [2.45, 2.75) is 25.6 Å². The minimum absolute atomic E-state index is 0.307. The lowest BCUT2D eigenvalue weighted by molar-refractivity contribution is -0.134. The van der Waals surface area contributed by atoms with Gasteiger partial charge in [-0.15, -0.1) is 11.3 Å². The average molecular weight is 561 g/mol. The van der Waals surface area contributed by atoms with Crippen LogP contribution in [0.25, 0.3) is 16.6 Å². The van der Waals surface area contributed by atoms with E-state index in [4.69, 9.17) is 0 Å². The molecule has 2 fully saturated rings. The van der Waals surface area contributed by atoms with E-state index in [-0.39, 0.29) is 0 Å². The quantitative estimate of drug-likeness (QED) is 0.392. The van der Waals surface area contributed by atoms with E-state index in [9.17, 15) is 22.8 Å². The number of thioether (sulfide) groups is 1. The molecule has 3 aromatic rings. The third-order valence-corrected chi connectivity index (χ3v) is 8.19. The molecule has 0 spiro atoms. The molecule has 0 saturated carbocycles. The highest BCUT2D eigenvalue weighted by Gasteiger charge is 2.33. The molecule has 13 heteroatoms. The van der Waals surface area contributed by atoms with Gasteiger partial charge in [0.15, 0.2) is 0 Å². The van der Waals surface area contributed by atoms with Crippen molar-refractivity contribution in [3.8, 4) is 10.6 Å². The Morgan fingerprint density at radius 1 is 1.11 bits per heavy atom. The number of amides is 2. The van der Waals surface area contributed by atoms with Crippen LogP contribution in [0.4, 0.5) is 23.9 Å². The molecule has 38 heavy (non-hydrogen) atoms. The second kappa shape index (κ2) is 11.2. The summed E-state index contributed by atoms with van der Waals surface area (Å²) in [4.78, 5) is 38.7. The van der Waals surface area contributed by atoms with Gasteiger partial charge in [0.25, 0.3) is 11.1 Å². The van der Waals surface area contributed by atoms with Crippen LogP contribution >= 0.6 is 23.1 Å². The fourth-order valence-corrected chi connectivity index (χ4v) is 5.89. The van der Waals surface area contributed by atoms with Gasteiger partial charge in [0.1, 0.15) is 4.88 Å². The van der Waals surface area contributed by atoms with E-state index in [1.165, 1.54) is 6.07 Å². The number of carbonyl (C=O) groups is 2. The Hall–Kier alpha value is -3.29. The van der Waals surface area contributed by atoms with Gasteiger partial charge in [-0.2, -0.15) is 13.2 Å². The Morgan fingerprint density at radius 2 is 1.92 bits per heavy atom. The van der Waals surface area contributed by atoms with Gasteiger partial charge in [0.05, 0.1) is 21.2 Å². The average Bonchev–Trinajstić information content (AvgIpc) is 3.51. The molecule has 0 aliphatic carbocycles. The monoisotopic (exact) mass is 560 g/mol. The van der Waals surface area contributed by atoms with Crippen LogP contribution < -0.4 is 15.5 Å². The van der Waals surface area contributed by atoms with Crippen LogP contribution in [0, 0.1) is 5.92 Å². The number of nitrogens with one attached hydrogen (secondary N) is 2. The molecule has 2 N–H and O–H groups in total. The van der Waals surface area contributed by atoms with Gasteiger partial charge in [-0.05, 0) is 73.0 Å². The standard InChI is InChI=1S/C25H23F3N6O2S2/c26-25(27,28)20-4-3-18(37-20)21-16(2-1-8-30-21)14-29-13-15-6-10-34(11-7-15)23-31-9-5-17(32-23)12-19-22(35)33-24(36)38-19/h1-5,8-9,12,15,29H,6-7,10-11,13-14H2,(H,33,35,36). The highest BCUT2D eigenvalue weighted by atomic mass is 32.2. The van der Waals surface area contributed by atoms with E-state index >= 15 is 0 Å². The van der Waals surface area contributed by atoms with Gasteiger partial charge in [0.2, 0.25) is 5.95 Å². The van der Waals surface area contributed by atoms with Crippen LogP contribution in [0.5, 0.6) is 0 Å².